The molecule has 0 N–H and O–H groups in total. The molecule has 30 heavy (non-hydrogen) atoms. The van der Waals surface area contributed by atoms with Crippen LogP contribution in [0.15, 0.2) is 57.9 Å². The number of methoxy groups -OCH3 is 1. The second-order valence-corrected chi connectivity index (χ2v) is 8.41. The molecule has 0 amide bonds. The van der Waals surface area contributed by atoms with Gasteiger partial charge in [-0.1, -0.05) is 22.9 Å². The highest BCUT2D eigenvalue weighted by Crippen LogP contribution is 2.33. The van der Waals surface area contributed by atoms with Crippen molar-refractivity contribution in [1.29, 1.82) is 0 Å². The highest BCUT2D eigenvalue weighted by atomic mass is 32.2. The zero-order valence-electron chi connectivity index (χ0n) is 17.1. The molecular formula is C21H22N2O6S. The summed E-state index contributed by atoms with van der Waals surface area (Å²) in [7, 11) is -1.07. The minimum atomic E-state index is -3.94. The Hall–Kier alpha value is -3.33. The first kappa shape index (κ1) is 21.4. The third-order valence-corrected chi connectivity index (χ3v) is 6.29. The zero-order chi connectivity index (χ0) is 21.9. The molecule has 0 spiro atoms. The summed E-state index contributed by atoms with van der Waals surface area (Å²) in [6, 6.07) is 13.1. The molecule has 2 aromatic carbocycles. The van der Waals surface area contributed by atoms with Gasteiger partial charge in [-0.05, 0) is 44.2 Å². The monoisotopic (exact) mass is 430 g/mol. The number of anilines is 1. The van der Waals surface area contributed by atoms with E-state index in [0.717, 1.165) is 5.56 Å². The average Bonchev–Trinajstić information content (AvgIpc) is 3.24. The summed E-state index contributed by atoms with van der Waals surface area (Å²) >= 11 is 0. The lowest BCUT2D eigenvalue weighted by Crippen LogP contribution is -2.27. The molecule has 3 aromatic rings. The molecule has 0 saturated heterocycles. The summed E-state index contributed by atoms with van der Waals surface area (Å²) in [5, 5.41) is 3.70. The molecule has 9 heteroatoms. The third-order valence-electron chi connectivity index (χ3n) is 4.48. The predicted octanol–water partition coefficient (Wildman–Crippen LogP) is 3.66. The van der Waals surface area contributed by atoms with E-state index in [2.05, 4.69) is 5.16 Å². The maximum atomic E-state index is 13.3. The Morgan fingerprint density at radius 1 is 1.13 bits per heavy atom. The number of aryl methyl sites for hydroxylation is 1. The highest BCUT2D eigenvalue weighted by molar-refractivity contribution is 7.93. The molecule has 0 bridgehead atoms. The minimum Gasteiger partial charge on any atom is -0.495 e. The number of aromatic nitrogens is 1. The molecule has 0 aliphatic heterocycles. The molecule has 0 fully saturated rings. The van der Waals surface area contributed by atoms with E-state index in [4.69, 9.17) is 14.0 Å². The molecule has 158 valence electrons. The van der Waals surface area contributed by atoms with Crippen molar-refractivity contribution in [2.45, 2.75) is 18.7 Å². The lowest BCUT2D eigenvalue weighted by atomic mass is 10.1. The number of benzene rings is 2. The predicted molar refractivity (Wildman–Crippen MR) is 111 cm³/mol. The first-order valence-corrected chi connectivity index (χ1v) is 10.6. The van der Waals surface area contributed by atoms with Crippen LogP contribution < -0.4 is 9.04 Å². The fourth-order valence-corrected chi connectivity index (χ4v) is 4.16. The quantitative estimate of drug-likeness (QED) is 0.528. The van der Waals surface area contributed by atoms with Gasteiger partial charge < -0.3 is 14.0 Å². The third kappa shape index (κ3) is 4.16. The summed E-state index contributed by atoms with van der Waals surface area (Å²) in [5.74, 6) is -0.203. The summed E-state index contributed by atoms with van der Waals surface area (Å²) < 4.78 is 43.2. The molecule has 0 radical (unpaired) electrons. The van der Waals surface area contributed by atoms with Gasteiger partial charge in [-0.2, -0.15) is 0 Å². The van der Waals surface area contributed by atoms with Crippen molar-refractivity contribution in [3.8, 4) is 17.1 Å². The normalized spacial score (nSPS) is 11.2. The summed E-state index contributed by atoms with van der Waals surface area (Å²) in [6.45, 7) is 3.81. The Morgan fingerprint density at radius 2 is 1.83 bits per heavy atom. The van der Waals surface area contributed by atoms with Crippen LogP contribution in [0.2, 0.25) is 0 Å². The van der Waals surface area contributed by atoms with E-state index in [1.165, 1.54) is 36.7 Å². The van der Waals surface area contributed by atoms with Crippen molar-refractivity contribution in [3.63, 3.8) is 0 Å². The van der Waals surface area contributed by atoms with Crippen molar-refractivity contribution >= 4 is 21.7 Å². The van der Waals surface area contributed by atoms with E-state index in [0.29, 0.717) is 11.3 Å². The molecule has 0 aliphatic carbocycles. The Morgan fingerprint density at radius 3 is 2.47 bits per heavy atom. The summed E-state index contributed by atoms with van der Waals surface area (Å²) in [4.78, 5) is 11.8. The van der Waals surface area contributed by atoms with Crippen molar-refractivity contribution in [1.82, 2.24) is 5.16 Å². The van der Waals surface area contributed by atoms with Gasteiger partial charge in [0.25, 0.3) is 10.0 Å². The fraction of sp³-hybridized carbons (Fsp3) is 0.238. The van der Waals surface area contributed by atoms with Gasteiger partial charge in [0.1, 0.15) is 10.6 Å². The van der Waals surface area contributed by atoms with Crippen LogP contribution in [0.1, 0.15) is 23.0 Å². The van der Waals surface area contributed by atoms with E-state index in [-0.39, 0.29) is 28.7 Å². The van der Waals surface area contributed by atoms with Crippen LogP contribution in [0, 0.1) is 6.92 Å². The maximum absolute atomic E-state index is 13.3. The van der Waals surface area contributed by atoms with Gasteiger partial charge in [0.2, 0.25) is 0 Å². The first-order chi connectivity index (χ1) is 14.3. The Bertz CT molecular complexity index is 1150. The van der Waals surface area contributed by atoms with E-state index < -0.39 is 16.0 Å². The minimum absolute atomic E-state index is 0.00356. The second kappa shape index (κ2) is 8.58. The van der Waals surface area contributed by atoms with Crippen LogP contribution >= 0.6 is 0 Å². The van der Waals surface area contributed by atoms with Crippen LogP contribution in [0.3, 0.4) is 0 Å². The number of hydrogen-bond donors (Lipinski definition) is 0. The summed E-state index contributed by atoms with van der Waals surface area (Å²) in [5.41, 5.74) is 1.96. The Kier molecular flexibility index (Phi) is 6.12. The maximum Gasteiger partial charge on any atom is 0.360 e. The van der Waals surface area contributed by atoms with Gasteiger partial charge in [-0.15, -0.1) is 0 Å². The lowest BCUT2D eigenvalue weighted by Gasteiger charge is -2.21. The number of rotatable bonds is 7. The number of esters is 1. The molecule has 1 aromatic heterocycles. The van der Waals surface area contributed by atoms with Gasteiger partial charge in [-0.25, -0.2) is 13.2 Å². The average molecular weight is 430 g/mol. The van der Waals surface area contributed by atoms with Crippen molar-refractivity contribution in [2.24, 2.45) is 0 Å². The van der Waals surface area contributed by atoms with E-state index >= 15 is 0 Å². The van der Waals surface area contributed by atoms with Gasteiger partial charge in [0.05, 0.1) is 19.4 Å². The molecule has 3 rings (SSSR count). The largest absolute Gasteiger partial charge is 0.495 e. The van der Waals surface area contributed by atoms with Gasteiger partial charge in [0, 0.05) is 18.7 Å². The number of ether oxygens (including phenoxy) is 2. The van der Waals surface area contributed by atoms with Crippen LogP contribution in [0.4, 0.5) is 5.69 Å². The first-order valence-electron chi connectivity index (χ1n) is 9.15. The van der Waals surface area contributed by atoms with Gasteiger partial charge in [0.15, 0.2) is 11.5 Å². The van der Waals surface area contributed by atoms with Crippen molar-refractivity contribution in [2.75, 3.05) is 25.1 Å². The summed E-state index contributed by atoms with van der Waals surface area (Å²) in [6.07, 6.45) is 0. The molecular weight excluding hydrogens is 408 g/mol. The highest BCUT2D eigenvalue weighted by Gasteiger charge is 2.27. The lowest BCUT2D eigenvalue weighted by molar-refractivity contribution is 0.0514. The number of carbonyl (C=O) groups is 1. The van der Waals surface area contributed by atoms with E-state index in [1.807, 2.05) is 19.1 Å². The number of nitrogens with zero attached hydrogens (tertiary/aromatic N) is 2. The topological polar surface area (TPSA) is 98.9 Å². The van der Waals surface area contributed by atoms with E-state index in [9.17, 15) is 13.2 Å². The number of hydrogen-bond acceptors (Lipinski definition) is 7. The molecule has 0 saturated carbocycles. The van der Waals surface area contributed by atoms with Crippen LogP contribution in [0.5, 0.6) is 5.75 Å². The molecule has 0 atom stereocenters. The van der Waals surface area contributed by atoms with E-state index in [1.54, 1.807) is 25.1 Å². The van der Waals surface area contributed by atoms with Gasteiger partial charge in [-0.3, -0.25) is 4.31 Å². The fourth-order valence-electron chi connectivity index (χ4n) is 2.79. The molecule has 0 aliphatic rings. The molecule has 1 heterocycles. The SMILES string of the molecule is CCOC(=O)c1cc(-c2ccc(OC)c(S(=O)(=O)N(C)c3ccc(C)cc3)c2)on1. The smallest absolute Gasteiger partial charge is 0.360 e. The molecule has 0 unspecified atom stereocenters. The van der Waals surface area contributed by atoms with Crippen LogP contribution in [0.25, 0.3) is 11.3 Å². The second-order valence-electron chi connectivity index (χ2n) is 6.47. The molecule has 8 nitrogen and oxygen atoms in total. The Balaban J connectivity index is 2.02. The standard InChI is InChI=1S/C21H22N2O6S/c1-5-28-21(24)17-13-19(29-22-17)15-8-11-18(27-4)20(12-15)30(25,26)23(3)16-9-6-14(2)7-10-16/h6-13H,5H2,1-4H3. The van der Waals surface area contributed by atoms with Crippen LogP contribution in [-0.2, 0) is 14.8 Å². The number of carbonyl (C=O) groups excluding carboxylic acids is 1. The van der Waals surface area contributed by atoms with Gasteiger partial charge >= 0.3 is 5.97 Å². The van der Waals surface area contributed by atoms with Crippen LogP contribution in [-0.4, -0.2) is 40.3 Å². The Labute approximate surface area is 175 Å². The van der Waals surface area contributed by atoms with Crippen molar-refractivity contribution < 1.29 is 27.2 Å². The zero-order valence-corrected chi connectivity index (χ0v) is 17.9. The van der Waals surface area contributed by atoms with Crippen molar-refractivity contribution in [3.05, 3.63) is 59.8 Å². The number of sulfonamides is 1.